The Balaban J connectivity index is 1.63. The molecule has 1 atom stereocenters. The summed E-state index contributed by atoms with van der Waals surface area (Å²) in [6.07, 6.45) is 3.65. The Morgan fingerprint density at radius 2 is 2.08 bits per heavy atom. The van der Waals surface area contributed by atoms with Crippen LogP contribution in [0.25, 0.3) is 11.0 Å². The smallest absolute Gasteiger partial charge is 0.139 e. The molecule has 24 heavy (non-hydrogen) atoms. The van der Waals surface area contributed by atoms with Crippen LogP contribution in [-0.2, 0) is 6.54 Å². The third-order valence-corrected chi connectivity index (χ3v) is 4.84. The van der Waals surface area contributed by atoms with Crippen molar-refractivity contribution in [1.29, 1.82) is 0 Å². The molecule has 2 heterocycles. The van der Waals surface area contributed by atoms with Crippen LogP contribution in [-0.4, -0.2) is 28.9 Å². The van der Waals surface area contributed by atoms with Crippen molar-refractivity contribution in [3.8, 4) is 5.75 Å². The van der Waals surface area contributed by atoms with Crippen molar-refractivity contribution >= 4 is 11.0 Å². The average Bonchev–Trinajstić information content (AvgIpc) is 3.12. The van der Waals surface area contributed by atoms with Gasteiger partial charge >= 0.3 is 0 Å². The lowest BCUT2D eigenvalue weighted by Gasteiger charge is -2.36. The van der Waals surface area contributed by atoms with E-state index in [1.807, 2.05) is 18.2 Å². The molecule has 0 radical (unpaired) electrons. The molecule has 0 N–H and O–H groups in total. The molecule has 3 aromatic rings. The van der Waals surface area contributed by atoms with E-state index >= 15 is 0 Å². The molecule has 0 aliphatic carbocycles. The van der Waals surface area contributed by atoms with E-state index in [1.165, 1.54) is 30.4 Å². The highest BCUT2D eigenvalue weighted by atomic mass is 16.6. The molecule has 5 nitrogen and oxygen atoms in total. The molecule has 0 amide bonds. The number of methoxy groups -OCH3 is 1. The highest BCUT2D eigenvalue weighted by Crippen LogP contribution is 2.34. The standard InChI is InChI=1S/C19H21N3O2/c1-23-16-8-4-6-14(12-16)18-10-2-3-11-22(18)13-15-7-5-9-17-19(15)21-24-20-17/h4-9,12,18H,2-3,10-11,13H2,1H3/t18-/m0/s1. The lowest BCUT2D eigenvalue weighted by Crippen LogP contribution is -2.33. The van der Waals surface area contributed by atoms with E-state index in [2.05, 4.69) is 39.5 Å². The van der Waals surface area contributed by atoms with Gasteiger partial charge in [0.05, 0.1) is 7.11 Å². The third-order valence-electron chi connectivity index (χ3n) is 4.84. The maximum atomic E-state index is 5.40. The summed E-state index contributed by atoms with van der Waals surface area (Å²) in [5.41, 5.74) is 4.18. The number of fused-ring (bicyclic) bond motifs is 1. The van der Waals surface area contributed by atoms with Gasteiger partial charge in [0.15, 0.2) is 0 Å². The van der Waals surface area contributed by atoms with Crippen LogP contribution < -0.4 is 4.74 Å². The fourth-order valence-corrected chi connectivity index (χ4v) is 3.61. The predicted molar refractivity (Wildman–Crippen MR) is 91.8 cm³/mol. The number of nitrogens with zero attached hydrogens (tertiary/aromatic N) is 3. The van der Waals surface area contributed by atoms with Crippen molar-refractivity contribution in [2.24, 2.45) is 0 Å². The minimum atomic E-state index is 0.406. The number of benzene rings is 2. The molecule has 0 unspecified atom stereocenters. The van der Waals surface area contributed by atoms with Gasteiger partial charge in [0.2, 0.25) is 0 Å². The van der Waals surface area contributed by atoms with Gasteiger partial charge in [-0.25, -0.2) is 4.63 Å². The van der Waals surface area contributed by atoms with E-state index < -0.39 is 0 Å². The van der Waals surface area contributed by atoms with Crippen LogP contribution in [0.4, 0.5) is 0 Å². The van der Waals surface area contributed by atoms with E-state index in [0.717, 1.165) is 29.9 Å². The van der Waals surface area contributed by atoms with E-state index in [0.29, 0.717) is 6.04 Å². The van der Waals surface area contributed by atoms with Crippen LogP contribution >= 0.6 is 0 Å². The predicted octanol–water partition coefficient (Wildman–Crippen LogP) is 3.96. The first-order valence-electron chi connectivity index (χ1n) is 8.43. The van der Waals surface area contributed by atoms with Crippen molar-refractivity contribution in [1.82, 2.24) is 15.2 Å². The Bertz CT molecular complexity index is 830. The molecule has 4 rings (SSSR count). The first kappa shape index (κ1) is 15.1. The summed E-state index contributed by atoms with van der Waals surface area (Å²) in [5.74, 6) is 0.917. The van der Waals surface area contributed by atoms with Gasteiger partial charge in [0.1, 0.15) is 16.8 Å². The summed E-state index contributed by atoms with van der Waals surface area (Å²) < 4.78 is 10.3. The topological polar surface area (TPSA) is 51.4 Å². The SMILES string of the molecule is COc1cccc([C@@H]2CCCCN2Cc2cccc3nonc23)c1. The maximum absolute atomic E-state index is 5.40. The molecule has 0 spiro atoms. The van der Waals surface area contributed by atoms with Gasteiger partial charge in [-0.3, -0.25) is 4.90 Å². The second-order valence-corrected chi connectivity index (χ2v) is 6.31. The van der Waals surface area contributed by atoms with Crippen LogP contribution in [0, 0.1) is 0 Å². The van der Waals surface area contributed by atoms with E-state index in [4.69, 9.17) is 9.37 Å². The summed E-state index contributed by atoms with van der Waals surface area (Å²) in [6, 6.07) is 14.9. The third kappa shape index (κ3) is 2.87. The Morgan fingerprint density at radius 3 is 3.00 bits per heavy atom. The van der Waals surface area contributed by atoms with Gasteiger partial charge in [-0.05, 0) is 59.0 Å². The fraction of sp³-hybridized carbons (Fsp3) is 0.368. The van der Waals surface area contributed by atoms with Crippen LogP contribution in [0.3, 0.4) is 0 Å². The number of likely N-dealkylation sites (tertiary alicyclic amines) is 1. The molecule has 1 aliphatic heterocycles. The van der Waals surface area contributed by atoms with Gasteiger partial charge in [0.25, 0.3) is 0 Å². The average molecular weight is 323 g/mol. The van der Waals surface area contributed by atoms with Gasteiger partial charge in [-0.2, -0.15) is 0 Å². The van der Waals surface area contributed by atoms with Crippen LogP contribution in [0.1, 0.15) is 36.4 Å². The first-order valence-corrected chi connectivity index (χ1v) is 8.43. The zero-order valence-corrected chi connectivity index (χ0v) is 13.8. The molecule has 5 heteroatoms. The molecule has 124 valence electrons. The maximum Gasteiger partial charge on any atom is 0.139 e. The van der Waals surface area contributed by atoms with Crippen molar-refractivity contribution in [3.63, 3.8) is 0 Å². The summed E-state index contributed by atoms with van der Waals surface area (Å²) in [6.45, 7) is 1.94. The van der Waals surface area contributed by atoms with Crippen LogP contribution in [0.15, 0.2) is 47.1 Å². The largest absolute Gasteiger partial charge is 0.497 e. The summed E-state index contributed by atoms with van der Waals surface area (Å²) in [7, 11) is 1.72. The molecular formula is C19H21N3O2. The molecule has 1 aliphatic rings. The monoisotopic (exact) mass is 323 g/mol. The molecule has 0 bridgehead atoms. The summed E-state index contributed by atoms with van der Waals surface area (Å²) in [5, 5.41) is 8.03. The van der Waals surface area contributed by atoms with Crippen LogP contribution in [0.5, 0.6) is 5.75 Å². The minimum absolute atomic E-state index is 0.406. The minimum Gasteiger partial charge on any atom is -0.497 e. The van der Waals surface area contributed by atoms with Crippen molar-refractivity contribution < 1.29 is 9.37 Å². The number of piperidine rings is 1. The highest BCUT2D eigenvalue weighted by molar-refractivity contribution is 5.76. The quantitative estimate of drug-likeness (QED) is 0.727. The van der Waals surface area contributed by atoms with Crippen molar-refractivity contribution in [2.45, 2.75) is 31.8 Å². The Hall–Kier alpha value is -2.40. The van der Waals surface area contributed by atoms with Crippen LogP contribution in [0.2, 0.25) is 0 Å². The zero-order valence-electron chi connectivity index (χ0n) is 13.8. The van der Waals surface area contributed by atoms with Crippen molar-refractivity contribution in [2.75, 3.05) is 13.7 Å². The Morgan fingerprint density at radius 1 is 1.17 bits per heavy atom. The van der Waals surface area contributed by atoms with E-state index in [-0.39, 0.29) is 0 Å². The first-order chi connectivity index (χ1) is 11.8. The number of hydrogen-bond acceptors (Lipinski definition) is 5. The lowest BCUT2D eigenvalue weighted by molar-refractivity contribution is 0.140. The lowest BCUT2D eigenvalue weighted by atomic mass is 9.94. The zero-order chi connectivity index (χ0) is 16.4. The number of rotatable bonds is 4. The van der Waals surface area contributed by atoms with Gasteiger partial charge in [-0.1, -0.05) is 30.7 Å². The molecule has 1 saturated heterocycles. The molecule has 2 aromatic carbocycles. The van der Waals surface area contributed by atoms with E-state index in [9.17, 15) is 0 Å². The second-order valence-electron chi connectivity index (χ2n) is 6.31. The van der Waals surface area contributed by atoms with Gasteiger partial charge in [0, 0.05) is 12.6 Å². The highest BCUT2D eigenvalue weighted by Gasteiger charge is 2.25. The fourth-order valence-electron chi connectivity index (χ4n) is 3.61. The normalized spacial score (nSPS) is 18.8. The number of aromatic nitrogens is 2. The Labute approximate surface area is 141 Å². The molecule has 1 aromatic heterocycles. The van der Waals surface area contributed by atoms with Gasteiger partial charge in [-0.15, -0.1) is 0 Å². The second kappa shape index (κ2) is 6.61. The Kier molecular flexibility index (Phi) is 4.17. The van der Waals surface area contributed by atoms with E-state index in [1.54, 1.807) is 7.11 Å². The van der Waals surface area contributed by atoms with Crippen molar-refractivity contribution in [3.05, 3.63) is 53.6 Å². The summed E-state index contributed by atoms with van der Waals surface area (Å²) in [4.78, 5) is 2.53. The molecule has 0 saturated carbocycles. The number of hydrogen-bond donors (Lipinski definition) is 0. The van der Waals surface area contributed by atoms with Gasteiger partial charge < -0.3 is 4.74 Å². The number of ether oxygens (including phenoxy) is 1. The molecule has 1 fully saturated rings. The molecular weight excluding hydrogens is 302 g/mol. The summed E-state index contributed by atoms with van der Waals surface area (Å²) >= 11 is 0.